The fraction of sp³-hybridized carbons (Fsp3) is 0.500. The summed E-state index contributed by atoms with van der Waals surface area (Å²) in [5.41, 5.74) is 0. The van der Waals surface area contributed by atoms with Gasteiger partial charge in [-0.2, -0.15) is 0 Å². The Kier molecular flexibility index (Phi) is 5.26. The second kappa shape index (κ2) is 6.25. The van der Waals surface area contributed by atoms with Crippen molar-refractivity contribution in [3.8, 4) is 0 Å². The lowest BCUT2D eigenvalue weighted by atomic mass is 10.2. The van der Waals surface area contributed by atoms with Crippen LogP contribution >= 0.6 is 27.5 Å². The van der Waals surface area contributed by atoms with E-state index in [4.69, 9.17) is 11.6 Å². The topological polar surface area (TPSA) is 24.9 Å². The molecule has 1 aromatic rings. The number of anilines is 1. The molecule has 0 saturated carbocycles. The molecule has 0 aliphatic heterocycles. The van der Waals surface area contributed by atoms with E-state index in [-0.39, 0.29) is 0 Å². The van der Waals surface area contributed by atoms with E-state index < -0.39 is 0 Å². The van der Waals surface area contributed by atoms with Gasteiger partial charge in [-0.1, -0.05) is 34.5 Å². The molecular weight excluding hydrogens is 263 g/mol. The number of nitrogens with one attached hydrogen (secondary N) is 1. The van der Waals surface area contributed by atoms with Crippen molar-refractivity contribution in [2.75, 3.05) is 11.9 Å². The van der Waals surface area contributed by atoms with Crippen LogP contribution in [0.2, 0.25) is 5.02 Å². The molecule has 0 aliphatic rings. The van der Waals surface area contributed by atoms with E-state index in [2.05, 4.69) is 33.2 Å². The summed E-state index contributed by atoms with van der Waals surface area (Å²) in [6.45, 7) is 3.05. The number of hydrogen-bond acceptors (Lipinski definition) is 2. The monoisotopic (exact) mass is 276 g/mol. The minimum Gasteiger partial charge on any atom is -0.369 e. The first-order valence-corrected chi connectivity index (χ1v) is 6.02. The Morgan fingerprint density at radius 3 is 3.07 bits per heavy atom. The van der Waals surface area contributed by atoms with Crippen LogP contribution in [0, 0.1) is 0 Å². The molecule has 0 radical (unpaired) electrons. The van der Waals surface area contributed by atoms with Crippen LogP contribution in [-0.4, -0.2) is 16.4 Å². The normalized spacial score (nSPS) is 12.5. The summed E-state index contributed by atoms with van der Waals surface area (Å²) >= 11 is 9.51. The largest absolute Gasteiger partial charge is 0.369 e. The lowest BCUT2D eigenvalue weighted by Crippen LogP contribution is -2.08. The van der Waals surface area contributed by atoms with Crippen LogP contribution in [0.5, 0.6) is 0 Å². The maximum Gasteiger partial charge on any atom is 0.144 e. The number of alkyl halides is 1. The smallest absolute Gasteiger partial charge is 0.144 e. The molecule has 1 rings (SSSR count). The maximum atomic E-state index is 5.94. The molecule has 0 spiro atoms. The zero-order valence-corrected chi connectivity index (χ0v) is 10.5. The summed E-state index contributed by atoms with van der Waals surface area (Å²) < 4.78 is 0. The predicted octanol–water partition coefficient (Wildman–Crippen LogP) is 3.71. The third-order valence-corrected chi connectivity index (χ3v) is 3.36. The summed E-state index contributed by atoms with van der Waals surface area (Å²) in [7, 11) is 0. The van der Waals surface area contributed by atoms with E-state index in [1.54, 1.807) is 6.20 Å². The van der Waals surface area contributed by atoms with Gasteiger partial charge in [0, 0.05) is 17.6 Å². The Hall–Kier alpha value is -0.280. The molecule has 4 heteroatoms. The van der Waals surface area contributed by atoms with Gasteiger partial charge in [-0.15, -0.1) is 0 Å². The van der Waals surface area contributed by atoms with Crippen molar-refractivity contribution in [1.29, 1.82) is 0 Å². The second-order valence-corrected chi connectivity index (χ2v) is 4.76. The van der Waals surface area contributed by atoms with Crippen LogP contribution in [0.1, 0.15) is 19.8 Å². The molecule has 1 aromatic heterocycles. The van der Waals surface area contributed by atoms with Crippen molar-refractivity contribution in [1.82, 2.24) is 4.98 Å². The van der Waals surface area contributed by atoms with Crippen LogP contribution in [0.15, 0.2) is 18.3 Å². The van der Waals surface area contributed by atoms with Gasteiger partial charge in [0.25, 0.3) is 0 Å². The number of aromatic nitrogens is 1. The van der Waals surface area contributed by atoms with E-state index in [1.807, 2.05) is 12.1 Å². The quantitative estimate of drug-likeness (QED) is 0.830. The molecule has 0 aliphatic carbocycles. The lowest BCUT2D eigenvalue weighted by Gasteiger charge is -2.09. The average molecular weight is 278 g/mol. The molecule has 0 bridgehead atoms. The lowest BCUT2D eigenvalue weighted by molar-refractivity contribution is 0.773. The Morgan fingerprint density at radius 1 is 1.64 bits per heavy atom. The molecule has 1 atom stereocenters. The number of rotatable bonds is 5. The highest BCUT2D eigenvalue weighted by Crippen LogP contribution is 2.17. The zero-order valence-electron chi connectivity index (χ0n) is 8.13. The van der Waals surface area contributed by atoms with E-state index in [1.165, 1.54) is 0 Å². The molecule has 2 nitrogen and oxygen atoms in total. The molecule has 1 unspecified atom stereocenters. The van der Waals surface area contributed by atoms with Crippen LogP contribution < -0.4 is 5.32 Å². The fourth-order valence-corrected chi connectivity index (χ4v) is 1.48. The van der Waals surface area contributed by atoms with E-state index in [0.29, 0.717) is 9.85 Å². The van der Waals surface area contributed by atoms with Gasteiger partial charge in [-0.3, -0.25) is 0 Å². The average Bonchev–Trinajstić information content (AvgIpc) is 2.20. The van der Waals surface area contributed by atoms with E-state index in [0.717, 1.165) is 25.2 Å². The molecule has 0 fully saturated rings. The summed E-state index contributed by atoms with van der Waals surface area (Å²) in [6, 6.07) is 3.66. The second-order valence-electron chi connectivity index (χ2n) is 3.05. The summed E-state index contributed by atoms with van der Waals surface area (Å²) in [6.07, 6.45) is 3.95. The third kappa shape index (κ3) is 3.84. The van der Waals surface area contributed by atoms with E-state index >= 15 is 0 Å². The van der Waals surface area contributed by atoms with Crippen molar-refractivity contribution >= 4 is 33.3 Å². The molecule has 1 heterocycles. The minimum absolute atomic E-state index is 0.567. The van der Waals surface area contributed by atoms with E-state index in [9.17, 15) is 0 Å². The van der Waals surface area contributed by atoms with Crippen molar-refractivity contribution in [3.05, 3.63) is 23.4 Å². The van der Waals surface area contributed by atoms with Gasteiger partial charge >= 0.3 is 0 Å². The maximum absolute atomic E-state index is 5.94. The van der Waals surface area contributed by atoms with Crippen molar-refractivity contribution in [2.24, 2.45) is 0 Å². The third-order valence-electron chi connectivity index (χ3n) is 1.95. The summed E-state index contributed by atoms with van der Waals surface area (Å²) in [5, 5.41) is 3.88. The molecule has 0 aromatic carbocycles. The standard InChI is InChI=1S/C10H14BrClN2/c1-2-8(11)5-7-14-10-9(12)4-3-6-13-10/h3-4,6,8H,2,5,7H2,1H3,(H,13,14). The Bertz CT molecular complexity index is 281. The van der Waals surface area contributed by atoms with Gasteiger partial charge in [0.05, 0.1) is 5.02 Å². The van der Waals surface area contributed by atoms with Crippen molar-refractivity contribution in [3.63, 3.8) is 0 Å². The first-order valence-electron chi connectivity index (χ1n) is 4.72. The van der Waals surface area contributed by atoms with Gasteiger partial charge in [0.2, 0.25) is 0 Å². The predicted molar refractivity (Wildman–Crippen MR) is 65.4 cm³/mol. The van der Waals surface area contributed by atoms with Crippen LogP contribution in [0.4, 0.5) is 5.82 Å². The van der Waals surface area contributed by atoms with Gasteiger partial charge < -0.3 is 5.32 Å². The van der Waals surface area contributed by atoms with Gasteiger partial charge in [0.1, 0.15) is 5.82 Å². The highest BCUT2D eigenvalue weighted by molar-refractivity contribution is 9.09. The Labute approximate surface area is 98.2 Å². The van der Waals surface area contributed by atoms with Gasteiger partial charge in [-0.05, 0) is 25.0 Å². The fourth-order valence-electron chi connectivity index (χ4n) is 1.07. The zero-order chi connectivity index (χ0) is 10.4. The van der Waals surface area contributed by atoms with Crippen molar-refractivity contribution in [2.45, 2.75) is 24.6 Å². The SMILES string of the molecule is CCC(Br)CCNc1ncccc1Cl. The number of halogens is 2. The molecule has 1 N–H and O–H groups in total. The number of pyridine rings is 1. The summed E-state index contributed by atoms with van der Waals surface area (Å²) in [5.74, 6) is 0.768. The van der Waals surface area contributed by atoms with Gasteiger partial charge in [-0.25, -0.2) is 4.98 Å². The van der Waals surface area contributed by atoms with Gasteiger partial charge in [0.15, 0.2) is 0 Å². The minimum atomic E-state index is 0.567. The molecule has 0 amide bonds. The van der Waals surface area contributed by atoms with Crippen LogP contribution in [-0.2, 0) is 0 Å². The van der Waals surface area contributed by atoms with Crippen molar-refractivity contribution < 1.29 is 0 Å². The highest BCUT2D eigenvalue weighted by atomic mass is 79.9. The van der Waals surface area contributed by atoms with Crippen LogP contribution in [0.3, 0.4) is 0 Å². The first kappa shape index (κ1) is 11.8. The summed E-state index contributed by atoms with van der Waals surface area (Å²) in [4.78, 5) is 4.71. The highest BCUT2D eigenvalue weighted by Gasteiger charge is 2.02. The molecular formula is C10H14BrClN2. The molecule has 0 saturated heterocycles. The molecule has 78 valence electrons. The van der Waals surface area contributed by atoms with Crippen LogP contribution in [0.25, 0.3) is 0 Å². The number of hydrogen-bond donors (Lipinski definition) is 1. The Balaban J connectivity index is 2.35. The number of nitrogens with zero attached hydrogens (tertiary/aromatic N) is 1. The molecule has 14 heavy (non-hydrogen) atoms. The Morgan fingerprint density at radius 2 is 2.43 bits per heavy atom. The first-order chi connectivity index (χ1) is 6.74.